The summed E-state index contributed by atoms with van der Waals surface area (Å²) in [5, 5.41) is 7.45. The number of rotatable bonds is 8. The van der Waals surface area contributed by atoms with Crippen molar-refractivity contribution in [2.45, 2.75) is 32.4 Å². The lowest BCUT2D eigenvalue weighted by atomic mass is 10.2. The number of ether oxygens (including phenoxy) is 2. The molecule has 2 aromatic carbocycles. The van der Waals surface area contributed by atoms with E-state index in [1.807, 2.05) is 6.92 Å². The molecule has 1 fully saturated rings. The van der Waals surface area contributed by atoms with Crippen LogP contribution in [0.2, 0.25) is 10.0 Å². The van der Waals surface area contributed by atoms with Crippen LogP contribution in [0.25, 0.3) is 0 Å². The van der Waals surface area contributed by atoms with E-state index in [1.54, 1.807) is 36.4 Å². The summed E-state index contributed by atoms with van der Waals surface area (Å²) in [5.41, 5.74) is 3.54. The minimum Gasteiger partial charge on any atom is -0.490 e. The highest BCUT2D eigenvalue weighted by molar-refractivity contribution is 6.36. The lowest BCUT2D eigenvalue weighted by molar-refractivity contribution is -0.139. The fourth-order valence-electron chi connectivity index (χ4n) is 2.51. The summed E-state index contributed by atoms with van der Waals surface area (Å²) in [6.07, 6.45) is 3.22. The molecule has 0 heterocycles. The van der Waals surface area contributed by atoms with Crippen LogP contribution in [0.15, 0.2) is 41.5 Å². The minimum atomic E-state index is -0.806. The Balaban J connectivity index is 1.63. The van der Waals surface area contributed by atoms with Crippen LogP contribution in [0.1, 0.15) is 30.9 Å². The summed E-state index contributed by atoms with van der Waals surface area (Å²) >= 11 is 12.4. The van der Waals surface area contributed by atoms with Gasteiger partial charge in [0.1, 0.15) is 6.61 Å². The first-order valence-electron chi connectivity index (χ1n) is 9.44. The largest absolute Gasteiger partial charge is 0.490 e. The smallest absolute Gasteiger partial charge is 0.329 e. The van der Waals surface area contributed by atoms with E-state index in [0.29, 0.717) is 39.3 Å². The summed E-state index contributed by atoms with van der Waals surface area (Å²) in [5.74, 6) is -0.480. The van der Waals surface area contributed by atoms with E-state index in [0.717, 1.165) is 12.8 Å². The summed E-state index contributed by atoms with van der Waals surface area (Å²) in [7, 11) is 0. The molecule has 2 amide bonds. The van der Waals surface area contributed by atoms with Gasteiger partial charge in [0.05, 0.1) is 12.8 Å². The van der Waals surface area contributed by atoms with E-state index < -0.39 is 11.8 Å². The monoisotopic (exact) mass is 449 g/mol. The van der Waals surface area contributed by atoms with Crippen LogP contribution in [0, 0.1) is 0 Å². The van der Waals surface area contributed by atoms with Crippen LogP contribution in [-0.4, -0.2) is 30.7 Å². The fourth-order valence-corrected chi connectivity index (χ4v) is 3.01. The molecule has 1 aliphatic carbocycles. The van der Waals surface area contributed by atoms with E-state index >= 15 is 0 Å². The number of carbonyl (C=O) groups excluding carboxylic acids is 2. The molecule has 0 aromatic heterocycles. The number of hydrogen-bond acceptors (Lipinski definition) is 5. The number of nitrogens with one attached hydrogen (secondary N) is 2. The summed E-state index contributed by atoms with van der Waals surface area (Å²) < 4.78 is 11.5. The third-order valence-corrected chi connectivity index (χ3v) is 4.91. The van der Waals surface area contributed by atoms with E-state index in [9.17, 15) is 9.59 Å². The Bertz CT molecular complexity index is 941. The molecule has 0 spiro atoms. The molecule has 158 valence electrons. The zero-order valence-electron chi connectivity index (χ0n) is 16.3. The minimum absolute atomic E-state index is 0.106. The first-order chi connectivity index (χ1) is 14.5. The number of benzene rings is 2. The number of hydrazone groups is 1. The topological polar surface area (TPSA) is 89.0 Å². The van der Waals surface area contributed by atoms with Gasteiger partial charge in [-0.25, -0.2) is 5.43 Å². The van der Waals surface area contributed by atoms with Crippen LogP contribution in [-0.2, 0) is 16.2 Å². The Morgan fingerprint density at radius 2 is 1.83 bits per heavy atom. The first kappa shape index (κ1) is 21.9. The van der Waals surface area contributed by atoms with Crippen molar-refractivity contribution >= 4 is 41.2 Å². The molecule has 0 atom stereocenters. The normalized spacial score (nSPS) is 13.2. The second-order valence-electron chi connectivity index (χ2n) is 6.57. The van der Waals surface area contributed by atoms with Gasteiger partial charge in [0.15, 0.2) is 11.5 Å². The van der Waals surface area contributed by atoms with E-state index in [2.05, 4.69) is 15.8 Å². The Morgan fingerprint density at radius 3 is 2.50 bits per heavy atom. The summed E-state index contributed by atoms with van der Waals surface area (Å²) in [4.78, 5) is 23.3. The van der Waals surface area contributed by atoms with Crippen molar-refractivity contribution in [3.63, 3.8) is 0 Å². The molecule has 1 aliphatic rings. The Kier molecular flexibility index (Phi) is 7.54. The van der Waals surface area contributed by atoms with Gasteiger partial charge in [-0.15, -0.1) is 0 Å². The van der Waals surface area contributed by atoms with E-state index in [1.165, 1.54) is 6.21 Å². The van der Waals surface area contributed by atoms with Crippen molar-refractivity contribution in [3.8, 4) is 11.5 Å². The van der Waals surface area contributed by atoms with Gasteiger partial charge >= 0.3 is 11.8 Å². The molecule has 7 nitrogen and oxygen atoms in total. The molecule has 0 unspecified atom stereocenters. The number of nitrogens with zero attached hydrogens (tertiary/aromatic N) is 1. The van der Waals surface area contributed by atoms with Gasteiger partial charge in [-0.1, -0.05) is 29.3 Å². The highest BCUT2D eigenvalue weighted by Gasteiger charge is 2.26. The average Bonchev–Trinajstić information content (AvgIpc) is 3.53. The van der Waals surface area contributed by atoms with Gasteiger partial charge in [0.25, 0.3) is 0 Å². The van der Waals surface area contributed by atoms with E-state index in [4.69, 9.17) is 32.7 Å². The van der Waals surface area contributed by atoms with Gasteiger partial charge < -0.3 is 14.8 Å². The molecule has 3 rings (SSSR count). The number of hydrogen-bond donors (Lipinski definition) is 2. The standard InChI is InChI=1S/C21H21Cl2N3O4/c1-2-29-19-10-13(11-24-26-21(28)20(27)25-14-7-8-14)6-9-18(19)30-12-15-16(22)4-3-5-17(15)23/h3-6,9-11,14H,2,7-8,12H2,1H3,(H,25,27)(H,26,28)/b24-11-. The Hall–Kier alpha value is -2.77. The van der Waals surface area contributed by atoms with Crippen molar-refractivity contribution in [3.05, 3.63) is 57.6 Å². The molecule has 2 N–H and O–H groups in total. The maximum Gasteiger partial charge on any atom is 0.329 e. The Labute approximate surface area is 184 Å². The fraction of sp³-hybridized carbons (Fsp3) is 0.286. The molecule has 0 aliphatic heterocycles. The molecule has 0 bridgehead atoms. The molecule has 2 aromatic rings. The molecule has 30 heavy (non-hydrogen) atoms. The highest BCUT2D eigenvalue weighted by Crippen LogP contribution is 2.31. The van der Waals surface area contributed by atoms with Crippen LogP contribution in [0.4, 0.5) is 0 Å². The van der Waals surface area contributed by atoms with Crippen molar-refractivity contribution < 1.29 is 19.1 Å². The maximum atomic E-state index is 11.7. The quantitative estimate of drug-likeness (QED) is 0.365. The van der Waals surface area contributed by atoms with Crippen molar-refractivity contribution in [1.82, 2.24) is 10.7 Å². The Morgan fingerprint density at radius 1 is 1.10 bits per heavy atom. The van der Waals surface area contributed by atoms with Crippen LogP contribution in [0.3, 0.4) is 0 Å². The van der Waals surface area contributed by atoms with Gasteiger partial charge in [0, 0.05) is 21.7 Å². The zero-order valence-corrected chi connectivity index (χ0v) is 17.8. The van der Waals surface area contributed by atoms with Crippen molar-refractivity contribution in [1.29, 1.82) is 0 Å². The first-order valence-corrected chi connectivity index (χ1v) is 10.2. The highest BCUT2D eigenvalue weighted by atomic mass is 35.5. The predicted octanol–water partition coefficient (Wildman–Crippen LogP) is 3.70. The summed E-state index contributed by atoms with van der Waals surface area (Å²) in [6, 6.07) is 10.5. The van der Waals surface area contributed by atoms with Crippen molar-refractivity contribution in [2.24, 2.45) is 5.10 Å². The van der Waals surface area contributed by atoms with Crippen LogP contribution >= 0.6 is 23.2 Å². The molecule has 9 heteroatoms. The second kappa shape index (κ2) is 10.3. The van der Waals surface area contributed by atoms with Gasteiger partial charge in [-0.05, 0) is 55.7 Å². The third kappa shape index (κ3) is 6.11. The van der Waals surface area contributed by atoms with Gasteiger partial charge in [-0.2, -0.15) is 5.10 Å². The molecular weight excluding hydrogens is 429 g/mol. The van der Waals surface area contributed by atoms with Gasteiger partial charge in [0.2, 0.25) is 0 Å². The number of amides is 2. The van der Waals surface area contributed by atoms with Gasteiger partial charge in [-0.3, -0.25) is 9.59 Å². The molecule has 0 saturated heterocycles. The lowest BCUT2D eigenvalue weighted by Gasteiger charge is -2.14. The molecule has 0 radical (unpaired) electrons. The molecular formula is C21H21Cl2N3O4. The number of halogens is 2. The summed E-state index contributed by atoms with van der Waals surface area (Å²) in [6.45, 7) is 2.47. The number of carbonyl (C=O) groups is 2. The average molecular weight is 450 g/mol. The maximum absolute atomic E-state index is 11.7. The van der Waals surface area contributed by atoms with E-state index in [-0.39, 0.29) is 12.6 Å². The third-order valence-electron chi connectivity index (χ3n) is 4.20. The van der Waals surface area contributed by atoms with Crippen LogP contribution in [0.5, 0.6) is 11.5 Å². The SMILES string of the molecule is CCOc1cc(/C=N\NC(=O)C(=O)NC2CC2)ccc1OCc1c(Cl)cccc1Cl. The zero-order chi connectivity index (χ0) is 21.5. The lowest BCUT2D eigenvalue weighted by Crippen LogP contribution is -2.38. The predicted molar refractivity (Wildman–Crippen MR) is 115 cm³/mol. The van der Waals surface area contributed by atoms with Crippen LogP contribution < -0.4 is 20.2 Å². The second-order valence-corrected chi connectivity index (χ2v) is 7.39. The molecule has 1 saturated carbocycles. The van der Waals surface area contributed by atoms with Crippen molar-refractivity contribution in [2.75, 3.05) is 6.61 Å².